The molecule has 4 aromatic carbocycles. The number of sulfonamides is 1. The van der Waals surface area contributed by atoms with Gasteiger partial charge in [0.25, 0.3) is 10.0 Å². The summed E-state index contributed by atoms with van der Waals surface area (Å²) in [7, 11) is -2.72. The number of hydrogen-bond donors (Lipinski definition) is 1. The molecule has 0 aliphatic carbocycles. The maximum absolute atomic E-state index is 13.9. The van der Waals surface area contributed by atoms with E-state index in [1.165, 1.54) is 24.1 Å². The third kappa shape index (κ3) is 7.42. The van der Waals surface area contributed by atoms with Crippen molar-refractivity contribution in [3.8, 4) is 11.5 Å². The van der Waals surface area contributed by atoms with Crippen LogP contribution in [0.5, 0.6) is 11.5 Å². The van der Waals surface area contributed by atoms with E-state index in [-0.39, 0.29) is 17.1 Å². The molecule has 0 saturated carbocycles. The lowest BCUT2D eigenvalue weighted by Crippen LogP contribution is -2.50. The van der Waals surface area contributed by atoms with Crippen LogP contribution in [0.15, 0.2) is 108 Å². The van der Waals surface area contributed by atoms with Gasteiger partial charge < -0.3 is 15.0 Å². The Morgan fingerprint density at radius 1 is 0.833 bits per heavy atom. The Bertz CT molecular complexity index is 1640. The van der Waals surface area contributed by atoms with Crippen LogP contribution in [-0.2, 0) is 26.2 Å². The number of carbonyl (C=O) groups is 2. The van der Waals surface area contributed by atoms with E-state index in [0.29, 0.717) is 27.1 Å². The normalized spacial score (nSPS) is 11.8. The Balaban J connectivity index is 1.69. The van der Waals surface area contributed by atoms with Gasteiger partial charge in [-0.25, -0.2) is 8.42 Å². The molecular formula is C31H29Cl2N3O5S. The summed E-state index contributed by atoms with van der Waals surface area (Å²) >= 11 is 12.2. The highest BCUT2D eigenvalue weighted by atomic mass is 35.5. The van der Waals surface area contributed by atoms with Crippen molar-refractivity contribution in [2.45, 2.75) is 24.4 Å². The third-order valence-electron chi connectivity index (χ3n) is 6.46. The van der Waals surface area contributed by atoms with Crippen molar-refractivity contribution in [3.05, 3.63) is 119 Å². The van der Waals surface area contributed by atoms with Gasteiger partial charge in [0.1, 0.15) is 24.1 Å². The third-order valence-corrected chi connectivity index (χ3v) is 8.99. The van der Waals surface area contributed by atoms with Crippen molar-refractivity contribution in [1.82, 2.24) is 10.2 Å². The predicted octanol–water partition coefficient (Wildman–Crippen LogP) is 6.14. The molecule has 1 atom stereocenters. The van der Waals surface area contributed by atoms with Crippen LogP contribution < -0.4 is 14.4 Å². The van der Waals surface area contributed by atoms with E-state index in [1.807, 2.05) is 18.2 Å². The zero-order valence-electron chi connectivity index (χ0n) is 22.9. The van der Waals surface area contributed by atoms with Crippen molar-refractivity contribution >= 4 is 50.7 Å². The minimum Gasteiger partial charge on any atom is -0.457 e. The molecule has 0 radical (unpaired) electrons. The first-order valence-electron chi connectivity index (χ1n) is 13.0. The van der Waals surface area contributed by atoms with Crippen LogP contribution >= 0.6 is 23.2 Å². The number of amides is 2. The van der Waals surface area contributed by atoms with Gasteiger partial charge in [0.2, 0.25) is 11.8 Å². The monoisotopic (exact) mass is 625 g/mol. The molecular weight excluding hydrogens is 597 g/mol. The summed E-state index contributed by atoms with van der Waals surface area (Å²) in [6.45, 7) is 0.992. The number of likely N-dealkylation sites (N-methyl/N-ethyl adjacent to an activating group) is 1. The number of anilines is 1. The lowest BCUT2D eigenvalue weighted by Gasteiger charge is -2.31. The molecule has 8 nitrogen and oxygen atoms in total. The Hall–Kier alpha value is -4.05. The topological polar surface area (TPSA) is 96.0 Å². The quantitative estimate of drug-likeness (QED) is 0.216. The highest BCUT2D eigenvalue weighted by molar-refractivity contribution is 7.92. The molecule has 0 aromatic heterocycles. The second-order valence-electron chi connectivity index (χ2n) is 9.29. The first-order chi connectivity index (χ1) is 20.1. The first kappa shape index (κ1) is 30.9. The maximum Gasteiger partial charge on any atom is 0.264 e. The van der Waals surface area contributed by atoms with Crippen molar-refractivity contribution in [1.29, 1.82) is 0 Å². The number of hydrogen-bond acceptors (Lipinski definition) is 5. The molecule has 0 spiro atoms. The first-order valence-corrected chi connectivity index (χ1v) is 15.2. The molecule has 4 aromatic rings. The molecule has 218 valence electrons. The number of para-hydroxylation sites is 1. The summed E-state index contributed by atoms with van der Waals surface area (Å²) in [6, 6.07) is 27.3. The number of carbonyl (C=O) groups excluding carboxylic acids is 2. The van der Waals surface area contributed by atoms with E-state index in [4.69, 9.17) is 27.9 Å². The second-order valence-corrected chi connectivity index (χ2v) is 12.0. The van der Waals surface area contributed by atoms with Crippen LogP contribution in [0.1, 0.15) is 12.5 Å². The Kier molecular flexibility index (Phi) is 10.1. The SMILES string of the molecule is CNC(=O)[C@H](C)N(Cc1ccc(Cl)c(Cl)c1)C(=O)CN(c1ccc(Oc2ccccc2)cc1)S(=O)(=O)c1ccccc1. The average Bonchev–Trinajstić information content (AvgIpc) is 3.01. The van der Waals surface area contributed by atoms with E-state index >= 15 is 0 Å². The van der Waals surface area contributed by atoms with E-state index in [1.54, 1.807) is 79.7 Å². The standard InChI is InChI=1S/C31H29Cl2N3O5S/c1-22(31(38)34-2)35(20-23-13-18-28(32)29(33)19-23)30(37)21-36(42(39,40)27-11-7-4-8-12-27)24-14-16-26(17-15-24)41-25-9-5-3-6-10-25/h3-19,22H,20-21H2,1-2H3,(H,34,38)/t22-/m0/s1. The van der Waals surface area contributed by atoms with E-state index in [2.05, 4.69) is 5.32 Å². The van der Waals surface area contributed by atoms with E-state index < -0.39 is 34.4 Å². The number of nitrogens with zero attached hydrogens (tertiary/aromatic N) is 2. The highest BCUT2D eigenvalue weighted by Crippen LogP contribution is 2.29. The van der Waals surface area contributed by atoms with Gasteiger partial charge in [-0.1, -0.05) is 65.7 Å². The molecule has 0 unspecified atom stereocenters. The molecule has 0 heterocycles. The van der Waals surface area contributed by atoms with Gasteiger partial charge in [-0.05, 0) is 73.2 Å². The summed E-state index contributed by atoms with van der Waals surface area (Å²) < 4.78 is 34.6. The van der Waals surface area contributed by atoms with Crippen LogP contribution in [0.25, 0.3) is 0 Å². The number of rotatable bonds is 11. The molecule has 0 saturated heterocycles. The van der Waals surface area contributed by atoms with Crippen molar-refractivity contribution in [3.63, 3.8) is 0 Å². The van der Waals surface area contributed by atoms with Crippen LogP contribution in [0.4, 0.5) is 5.69 Å². The number of benzene rings is 4. The number of nitrogens with one attached hydrogen (secondary N) is 1. The summed E-state index contributed by atoms with van der Waals surface area (Å²) in [5.74, 6) is 0.0997. The maximum atomic E-state index is 13.9. The average molecular weight is 627 g/mol. The van der Waals surface area contributed by atoms with Crippen LogP contribution in [0.3, 0.4) is 0 Å². The molecule has 0 bridgehead atoms. The zero-order chi connectivity index (χ0) is 30.3. The van der Waals surface area contributed by atoms with Gasteiger partial charge in [-0.2, -0.15) is 0 Å². The fourth-order valence-corrected chi connectivity index (χ4v) is 5.94. The number of ether oxygens (including phenoxy) is 1. The molecule has 4 rings (SSSR count). The minimum atomic E-state index is -4.19. The minimum absolute atomic E-state index is 0.00656. The van der Waals surface area contributed by atoms with E-state index in [0.717, 1.165) is 4.31 Å². The van der Waals surface area contributed by atoms with Crippen LogP contribution in [0, 0.1) is 0 Å². The Morgan fingerprint density at radius 3 is 2.02 bits per heavy atom. The van der Waals surface area contributed by atoms with Gasteiger partial charge >= 0.3 is 0 Å². The lowest BCUT2D eigenvalue weighted by atomic mass is 10.1. The van der Waals surface area contributed by atoms with Crippen LogP contribution in [0.2, 0.25) is 10.0 Å². The fourth-order valence-electron chi connectivity index (χ4n) is 4.18. The van der Waals surface area contributed by atoms with Crippen molar-refractivity contribution in [2.75, 3.05) is 17.9 Å². The molecule has 42 heavy (non-hydrogen) atoms. The molecule has 0 aliphatic rings. The van der Waals surface area contributed by atoms with Gasteiger partial charge in [-0.3, -0.25) is 13.9 Å². The summed E-state index contributed by atoms with van der Waals surface area (Å²) in [6.07, 6.45) is 0. The van der Waals surface area contributed by atoms with Crippen molar-refractivity contribution < 1.29 is 22.7 Å². The summed E-state index contributed by atoms with van der Waals surface area (Å²) in [5, 5.41) is 3.18. The second kappa shape index (κ2) is 13.7. The fraction of sp³-hybridized carbons (Fsp3) is 0.161. The zero-order valence-corrected chi connectivity index (χ0v) is 25.2. The largest absolute Gasteiger partial charge is 0.457 e. The smallest absolute Gasteiger partial charge is 0.264 e. The summed E-state index contributed by atoms with van der Waals surface area (Å²) in [4.78, 5) is 27.8. The molecule has 0 fully saturated rings. The predicted molar refractivity (Wildman–Crippen MR) is 164 cm³/mol. The van der Waals surface area contributed by atoms with Crippen LogP contribution in [-0.4, -0.2) is 44.8 Å². The van der Waals surface area contributed by atoms with E-state index in [9.17, 15) is 18.0 Å². The Morgan fingerprint density at radius 2 is 1.43 bits per heavy atom. The molecule has 0 aliphatic heterocycles. The van der Waals surface area contributed by atoms with Gasteiger partial charge in [-0.15, -0.1) is 0 Å². The molecule has 11 heteroatoms. The summed E-state index contributed by atoms with van der Waals surface area (Å²) in [5.41, 5.74) is 0.864. The highest BCUT2D eigenvalue weighted by Gasteiger charge is 2.32. The number of halogens is 2. The lowest BCUT2D eigenvalue weighted by molar-refractivity contribution is -0.139. The van der Waals surface area contributed by atoms with Gasteiger partial charge in [0.05, 0.1) is 20.6 Å². The Labute approximate surface area is 255 Å². The molecule has 1 N–H and O–H groups in total. The molecule has 2 amide bonds. The van der Waals surface area contributed by atoms with Crippen molar-refractivity contribution in [2.24, 2.45) is 0 Å². The van der Waals surface area contributed by atoms with Gasteiger partial charge in [0.15, 0.2) is 0 Å². The van der Waals surface area contributed by atoms with Gasteiger partial charge in [0, 0.05) is 13.6 Å².